The molecule has 0 saturated heterocycles. The standard InChI is InChI=1S/C10H18N4O2/c1-3-8(2)13-10(15)6-11-5-4-9-12-7-16-14-9/h7-8,11H,3-6H2,1-2H3,(H,13,15). The number of amides is 1. The molecule has 6 nitrogen and oxygen atoms in total. The van der Waals surface area contributed by atoms with Crippen LogP contribution >= 0.6 is 0 Å². The molecule has 90 valence electrons. The van der Waals surface area contributed by atoms with E-state index in [1.807, 2.05) is 13.8 Å². The van der Waals surface area contributed by atoms with E-state index in [-0.39, 0.29) is 11.9 Å². The summed E-state index contributed by atoms with van der Waals surface area (Å²) in [6.45, 7) is 5.00. The third kappa shape index (κ3) is 4.88. The van der Waals surface area contributed by atoms with Gasteiger partial charge in [-0.25, -0.2) is 0 Å². The Morgan fingerprint density at radius 3 is 3.06 bits per heavy atom. The number of hydrogen-bond acceptors (Lipinski definition) is 5. The fraction of sp³-hybridized carbons (Fsp3) is 0.700. The van der Waals surface area contributed by atoms with E-state index in [1.54, 1.807) is 0 Å². The van der Waals surface area contributed by atoms with Gasteiger partial charge in [0.2, 0.25) is 12.3 Å². The van der Waals surface area contributed by atoms with Crippen molar-refractivity contribution in [1.29, 1.82) is 0 Å². The molecule has 0 spiro atoms. The minimum atomic E-state index is 0.0162. The zero-order valence-electron chi connectivity index (χ0n) is 9.69. The van der Waals surface area contributed by atoms with E-state index < -0.39 is 0 Å². The summed E-state index contributed by atoms with van der Waals surface area (Å²) in [4.78, 5) is 15.2. The van der Waals surface area contributed by atoms with Gasteiger partial charge < -0.3 is 15.2 Å². The van der Waals surface area contributed by atoms with Crippen LogP contribution in [0.3, 0.4) is 0 Å². The quantitative estimate of drug-likeness (QED) is 0.645. The normalized spacial score (nSPS) is 12.4. The van der Waals surface area contributed by atoms with Crippen LogP contribution in [-0.2, 0) is 11.2 Å². The first-order chi connectivity index (χ1) is 7.72. The van der Waals surface area contributed by atoms with Crippen LogP contribution in [-0.4, -0.2) is 35.2 Å². The molecule has 0 aromatic carbocycles. The van der Waals surface area contributed by atoms with E-state index in [2.05, 4.69) is 25.3 Å². The van der Waals surface area contributed by atoms with E-state index in [0.29, 0.717) is 25.3 Å². The van der Waals surface area contributed by atoms with Crippen molar-refractivity contribution in [3.8, 4) is 0 Å². The summed E-state index contributed by atoms with van der Waals surface area (Å²) >= 11 is 0. The molecule has 0 saturated carbocycles. The molecule has 1 unspecified atom stereocenters. The lowest BCUT2D eigenvalue weighted by Gasteiger charge is -2.11. The fourth-order valence-electron chi connectivity index (χ4n) is 1.13. The second-order valence-electron chi connectivity index (χ2n) is 3.65. The molecule has 1 rings (SSSR count). The molecule has 0 bridgehead atoms. The molecule has 0 aliphatic heterocycles. The average Bonchev–Trinajstić information content (AvgIpc) is 2.77. The molecule has 6 heteroatoms. The first kappa shape index (κ1) is 12.6. The van der Waals surface area contributed by atoms with Gasteiger partial charge in [-0.1, -0.05) is 12.1 Å². The maximum Gasteiger partial charge on any atom is 0.234 e. The maximum atomic E-state index is 11.4. The van der Waals surface area contributed by atoms with Crippen molar-refractivity contribution in [2.75, 3.05) is 13.1 Å². The minimum Gasteiger partial charge on any atom is -0.353 e. The lowest BCUT2D eigenvalue weighted by atomic mass is 10.2. The molecule has 0 fully saturated rings. The van der Waals surface area contributed by atoms with Crippen LogP contribution in [0.15, 0.2) is 10.9 Å². The van der Waals surface area contributed by atoms with Gasteiger partial charge in [0, 0.05) is 19.0 Å². The Balaban J connectivity index is 2.04. The molecule has 1 aromatic rings. The van der Waals surface area contributed by atoms with E-state index in [1.165, 1.54) is 6.39 Å². The molecule has 1 amide bonds. The van der Waals surface area contributed by atoms with Gasteiger partial charge in [-0.05, 0) is 13.3 Å². The Morgan fingerprint density at radius 2 is 2.44 bits per heavy atom. The Morgan fingerprint density at radius 1 is 1.62 bits per heavy atom. The van der Waals surface area contributed by atoms with Gasteiger partial charge in [0.1, 0.15) is 0 Å². The molecule has 2 N–H and O–H groups in total. The second-order valence-corrected chi connectivity index (χ2v) is 3.65. The van der Waals surface area contributed by atoms with Gasteiger partial charge in [0.25, 0.3) is 0 Å². The van der Waals surface area contributed by atoms with Crippen molar-refractivity contribution in [3.63, 3.8) is 0 Å². The number of rotatable bonds is 7. The van der Waals surface area contributed by atoms with Crippen LogP contribution in [0.1, 0.15) is 26.1 Å². The summed E-state index contributed by atoms with van der Waals surface area (Å²) in [5.74, 6) is 0.664. The molecule has 16 heavy (non-hydrogen) atoms. The average molecular weight is 226 g/mol. The summed E-state index contributed by atoms with van der Waals surface area (Å²) in [6.07, 6.45) is 2.90. The largest absolute Gasteiger partial charge is 0.353 e. The second kappa shape index (κ2) is 6.95. The summed E-state index contributed by atoms with van der Waals surface area (Å²) < 4.78 is 4.59. The van der Waals surface area contributed by atoms with Crippen LogP contribution in [0.2, 0.25) is 0 Å². The third-order valence-electron chi connectivity index (χ3n) is 2.24. The lowest BCUT2D eigenvalue weighted by molar-refractivity contribution is -0.120. The molecular weight excluding hydrogens is 208 g/mol. The maximum absolute atomic E-state index is 11.4. The molecule has 0 aliphatic carbocycles. The van der Waals surface area contributed by atoms with E-state index in [0.717, 1.165) is 6.42 Å². The first-order valence-electron chi connectivity index (χ1n) is 5.47. The van der Waals surface area contributed by atoms with Crippen molar-refractivity contribution in [3.05, 3.63) is 12.2 Å². The van der Waals surface area contributed by atoms with Gasteiger partial charge in [-0.15, -0.1) is 0 Å². The Labute approximate surface area is 94.8 Å². The van der Waals surface area contributed by atoms with E-state index >= 15 is 0 Å². The minimum absolute atomic E-state index is 0.0162. The van der Waals surface area contributed by atoms with Crippen LogP contribution in [0.4, 0.5) is 0 Å². The number of nitrogens with one attached hydrogen (secondary N) is 2. The van der Waals surface area contributed by atoms with E-state index in [9.17, 15) is 4.79 Å². The molecule has 1 atom stereocenters. The van der Waals surface area contributed by atoms with Crippen molar-refractivity contribution < 1.29 is 9.32 Å². The van der Waals surface area contributed by atoms with Gasteiger partial charge in [-0.2, -0.15) is 4.98 Å². The topological polar surface area (TPSA) is 80.0 Å². The fourth-order valence-corrected chi connectivity index (χ4v) is 1.13. The monoisotopic (exact) mass is 226 g/mol. The number of aromatic nitrogens is 2. The van der Waals surface area contributed by atoms with Crippen molar-refractivity contribution >= 4 is 5.91 Å². The van der Waals surface area contributed by atoms with Crippen LogP contribution in [0.25, 0.3) is 0 Å². The summed E-state index contributed by atoms with van der Waals surface area (Å²) in [5, 5.41) is 9.56. The van der Waals surface area contributed by atoms with Crippen LogP contribution < -0.4 is 10.6 Å². The summed E-state index contributed by atoms with van der Waals surface area (Å²) in [7, 11) is 0. The number of carbonyl (C=O) groups excluding carboxylic acids is 1. The van der Waals surface area contributed by atoms with Crippen LogP contribution in [0.5, 0.6) is 0 Å². The molecule has 1 heterocycles. The van der Waals surface area contributed by atoms with Gasteiger partial charge in [0.15, 0.2) is 5.82 Å². The highest BCUT2D eigenvalue weighted by atomic mass is 16.5. The predicted molar refractivity (Wildman–Crippen MR) is 58.8 cm³/mol. The highest BCUT2D eigenvalue weighted by Gasteiger charge is 2.04. The highest BCUT2D eigenvalue weighted by molar-refractivity contribution is 5.78. The Hall–Kier alpha value is -1.43. The van der Waals surface area contributed by atoms with Gasteiger partial charge in [0.05, 0.1) is 6.54 Å². The number of hydrogen-bond donors (Lipinski definition) is 2. The zero-order valence-corrected chi connectivity index (χ0v) is 9.69. The third-order valence-corrected chi connectivity index (χ3v) is 2.24. The first-order valence-corrected chi connectivity index (χ1v) is 5.47. The molecule has 0 radical (unpaired) electrons. The van der Waals surface area contributed by atoms with Crippen LogP contribution in [0, 0.1) is 0 Å². The van der Waals surface area contributed by atoms with Crippen molar-refractivity contribution in [2.45, 2.75) is 32.7 Å². The molecule has 0 aliphatic rings. The van der Waals surface area contributed by atoms with E-state index in [4.69, 9.17) is 0 Å². The number of nitrogens with zero attached hydrogens (tertiary/aromatic N) is 2. The van der Waals surface area contributed by atoms with Gasteiger partial charge in [-0.3, -0.25) is 4.79 Å². The van der Waals surface area contributed by atoms with Gasteiger partial charge >= 0.3 is 0 Å². The molecule has 1 aromatic heterocycles. The predicted octanol–water partition coefficient (Wildman–Crippen LogP) is 0.116. The summed E-state index contributed by atoms with van der Waals surface area (Å²) in [5.41, 5.74) is 0. The molecular formula is C10H18N4O2. The van der Waals surface area contributed by atoms with Crippen molar-refractivity contribution in [1.82, 2.24) is 20.8 Å². The zero-order chi connectivity index (χ0) is 11.8. The smallest absolute Gasteiger partial charge is 0.234 e. The lowest BCUT2D eigenvalue weighted by Crippen LogP contribution is -2.39. The Kier molecular flexibility index (Phi) is 5.49. The number of carbonyl (C=O) groups is 1. The Bertz CT molecular complexity index is 300. The van der Waals surface area contributed by atoms with Crippen molar-refractivity contribution in [2.24, 2.45) is 0 Å². The highest BCUT2D eigenvalue weighted by Crippen LogP contribution is 1.88. The summed E-state index contributed by atoms with van der Waals surface area (Å²) in [6, 6.07) is 0.228. The SMILES string of the molecule is CCC(C)NC(=O)CNCCc1ncon1.